The number of ether oxygens (including phenoxy) is 1. The number of hydrogen-bond acceptors (Lipinski definition) is 3. The van der Waals surface area contributed by atoms with Crippen molar-refractivity contribution < 1.29 is 14.6 Å². The van der Waals surface area contributed by atoms with E-state index in [0.29, 0.717) is 5.92 Å². The van der Waals surface area contributed by atoms with Crippen molar-refractivity contribution in [2.45, 2.75) is 83.7 Å². The number of rotatable bonds is 8. The molecule has 3 nitrogen and oxygen atoms in total. The van der Waals surface area contributed by atoms with Crippen molar-refractivity contribution in [3.8, 4) is 5.75 Å². The van der Waals surface area contributed by atoms with Gasteiger partial charge in [0.05, 0.1) is 5.41 Å². The van der Waals surface area contributed by atoms with Crippen LogP contribution in [0.1, 0.15) is 88.7 Å². The predicted octanol–water partition coefficient (Wildman–Crippen LogP) is 6.96. The minimum atomic E-state index is -0.559. The van der Waals surface area contributed by atoms with E-state index in [-0.39, 0.29) is 23.7 Å². The fourth-order valence-corrected chi connectivity index (χ4v) is 4.62. The summed E-state index contributed by atoms with van der Waals surface area (Å²) >= 11 is 0. The largest absolute Gasteiger partial charge is 0.508 e. The molecule has 1 aliphatic carbocycles. The fraction of sp³-hybridized carbons (Fsp3) is 0.519. The topological polar surface area (TPSA) is 46.5 Å². The Morgan fingerprint density at radius 2 is 1.63 bits per heavy atom. The molecule has 2 aromatic rings. The van der Waals surface area contributed by atoms with E-state index in [4.69, 9.17) is 4.74 Å². The Labute approximate surface area is 181 Å². The Bertz CT molecular complexity index is 789. The molecular formula is C27H36O3. The van der Waals surface area contributed by atoms with Crippen LogP contribution in [0.15, 0.2) is 54.6 Å². The van der Waals surface area contributed by atoms with Gasteiger partial charge in [-0.3, -0.25) is 4.79 Å². The molecule has 0 amide bonds. The van der Waals surface area contributed by atoms with Gasteiger partial charge in [0.1, 0.15) is 11.9 Å². The summed E-state index contributed by atoms with van der Waals surface area (Å²) in [5, 5.41) is 9.73. The Balaban J connectivity index is 1.74. The lowest BCUT2D eigenvalue weighted by Gasteiger charge is -2.32. The van der Waals surface area contributed by atoms with Gasteiger partial charge in [-0.25, -0.2) is 0 Å². The number of phenols is 1. The smallest absolute Gasteiger partial charge is 0.311 e. The molecule has 1 saturated carbocycles. The van der Waals surface area contributed by atoms with Gasteiger partial charge in [0.15, 0.2) is 0 Å². The molecule has 0 bridgehead atoms. The van der Waals surface area contributed by atoms with E-state index in [0.717, 1.165) is 44.1 Å². The molecule has 0 heterocycles. The number of aromatic hydroxyl groups is 1. The van der Waals surface area contributed by atoms with Gasteiger partial charge >= 0.3 is 5.97 Å². The summed E-state index contributed by atoms with van der Waals surface area (Å²) in [6, 6.07) is 18.0. The maximum absolute atomic E-state index is 13.0. The molecular weight excluding hydrogens is 372 g/mol. The number of hydrogen-bond donors (Lipinski definition) is 1. The van der Waals surface area contributed by atoms with Gasteiger partial charge in [0, 0.05) is 0 Å². The van der Waals surface area contributed by atoms with Crippen LogP contribution in [0.25, 0.3) is 0 Å². The first-order chi connectivity index (χ1) is 14.3. The highest BCUT2D eigenvalue weighted by Crippen LogP contribution is 2.40. The maximum Gasteiger partial charge on any atom is 0.311 e. The van der Waals surface area contributed by atoms with Crippen LogP contribution in [0.4, 0.5) is 0 Å². The van der Waals surface area contributed by atoms with Crippen LogP contribution in [0, 0.1) is 5.41 Å². The minimum Gasteiger partial charge on any atom is -0.508 e. The molecule has 0 radical (unpaired) electrons. The third kappa shape index (κ3) is 6.10. The van der Waals surface area contributed by atoms with Gasteiger partial charge < -0.3 is 9.84 Å². The summed E-state index contributed by atoms with van der Waals surface area (Å²) in [5.41, 5.74) is 1.91. The van der Waals surface area contributed by atoms with Crippen molar-refractivity contribution >= 4 is 5.97 Å². The summed E-state index contributed by atoms with van der Waals surface area (Å²) in [7, 11) is 0. The van der Waals surface area contributed by atoms with Crippen molar-refractivity contribution in [2.75, 3.05) is 0 Å². The average molecular weight is 409 g/mol. The number of carbonyl (C=O) groups excluding carboxylic acids is 1. The second kappa shape index (κ2) is 10.1. The monoisotopic (exact) mass is 408 g/mol. The van der Waals surface area contributed by atoms with E-state index < -0.39 is 5.41 Å². The van der Waals surface area contributed by atoms with Crippen molar-refractivity contribution in [3.05, 3.63) is 65.7 Å². The molecule has 0 aliphatic heterocycles. The highest BCUT2D eigenvalue weighted by atomic mass is 16.5. The molecule has 30 heavy (non-hydrogen) atoms. The van der Waals surface area contributed by atoms with Crippen molar-refractivity contribution in [1.29, 1.82) is 0 Å². The Morgan fingerprint density at radius 3 is 2.27 bits per heavy atom. The standard InChI is InChI=1S/C27H36O3/c1-20(21-10-6-4-7-11-21)18-23(22-14-16-24(28)17-15-22)19-27(2,3)26(29)30-25-12-8-5-9-13-25/h4,6-7,10-11,14-17,20,23,25,28H,5,8-9,12-13,18-19H2,1-3H3. The van der Waals surface area contributed by atoms with Gasteiger partial charge in [-0.1, -0.05) is 55.8 Å². The van der Waals surface area contributed by atoms with Gasteiger partial charge in [0.25, 0.3) is 0 Å². The van der Waals surface area contributed by atoms with Crippen LogP contribution in [0.5, 0.6) is 5.75 Å². The summed E-state index contributed by atoms with van der Waals surface area (Å²) in [4.78, 5) is 13.0. The third-order valence-electron chi connectivity index (χ3n) is 6.51. The molecule has 0 spiro atoms. The lowest BCUT2D eigenvalue weighted by Crippen LogP contribution is -2.33. The predicted molar refractivity (Wildman–Crippen MR) is 122 cm³/mol. The second-order valence-electron chi connectivity index (χ2n) is 9.59. The number of benzene rings is 2. The summed E-state index contributed by atoms with van der Waals surface area (Å²) in [6.07, 6.45) is 7.29. The van der Waals surface area contributed by atoms with E-state index >= 15 is 0 Å². The number of esters is 1. The maximum atomic E-state index is 13.0. The van der Waals surface area contributed by atoms with Gasteiger partial charge in [0.2, 0.25) is 0 Å². The molecule has 1 aliphatic rings. The normalized spacial score (nSPS) is 17.3. The van der Waals surface area contributed by atoms with E-state index in [9.17, 15) is 9.90 Å². The van der Waals surface area contributed by atoms with Crippen LogP contribution < -0.4 is 0 Å². The third-order valence-corrected chi connectivity index (χ3v) is 6.51. The average Bonchev–Trinajstić information content (AvgIpc) is 2.75. The zero-order valence-electron chi connectivity index (χ0n) is 18.6. The first-order valence-corrected chi connectivity index (χ1v) is 11.4. The van der Waals surface area contributed by atoms with Crippen LogP contribution in [0.3, 0.4) is 0 Å². The number of phenolic OH excluding ortho intramolecular Hbond substituents is 1. The first kappa shape index (κ1) is 22.4. The Morgan fingerprint density at radius 1 is 1.00 bits per heavy atom. The lowest BCUT2D eigenvalue weighted by molar-refractivity contribution is -0.161. The van der Waals surface area contributed by atoms with E-state index in [2.05, 4.69) is 31.2 Å². The SMILES string of the molecule is CC(CC(CC(C)(C)C(=O)OC1CCCCC1)c1ccc(O)cc1)c1ccccc1. The Hall–Kier alpha value is -2.29. The van der Waals surface area contributed by atoms with Gasteiger partial charge in [-0.15, -0.1) is 0 Å². The highest BCUT2D eigenvalue weighted by molar-refractivity contribution is 5.76. The van der Waals surface area contributed by atoms with Gasteiger partial charge in [-0.2, -0.15) is 0 Å². The van der Waals surface area contributed by atoms with Crippen LogP contribution in [0.2, 0.25) is 0 Å². The lowest BCUT2D eigenvalue weighted by atomic mass is 9.75. The molecule has 2 atom stereocenters. The quantitative estimate of drug-likeness (QED) is 0.480. The molecule has 0 saturated heterocycles. The highest BCUT2D eigenvalue weighted by Gasteiger charge is 2.35. The van der Waals surface area contributed by atoms with E-state index in [1.165, 1.54) is 12.0 Å². The van der Waals surface area contributed by atoms with Crippen LogP contribution in [-0.2, 0) is 9.53 Å². The van der Waals surface area contributed by atoms with E-state index in [1.54, 1.807) is 12.1 Å². The van der Waals surface area contributed by atoms with Crippen molar-refractivity contribution in [3.63, 3.8) is 0 Å². The molecule has 3 rings (SSSR count). The summed E-state index contributed by atoms with van der Waals surface area (Å²) < 4.78 is 5.92. The van der Waals surface area contributed by atoms with Crippen molar-refractivity contribution in [1.82, 2.24) is 0 Å². The molecule has 0 aromatic heterocycles. The minimum absolute atomic E-state index is 0.0782. The van der Waals surface area contributed by atoms with Crippen LogP contribution >= 0.6 is 0 Å². The fourth-order valence-electron chi connectivity index (χ4n) is 4.62. The number of carbonyl (C=O) groups is 1. The first-order valence-electron chi connectivity index (χ1n) is 11.4. The van der Waals surface area contributed by atoms with Crippen molar-refractivity contribution in [2.24, 2.45) is 5.41 Å². The molecule has 2 unspecified atom stereocenters. The zero-order chi connectivity index (χ0) is 21.6. The molecule has 1 fully saturated rings. The Kier molecular flexibility index (Phi) is 7.58. The molecule has 3 heteroatoms. The van der Waals surface area contributed by atoms with Crippen LogP contribution in [-0.4, -0.2) is 17.2 Å². The summed E-state index contributed by atoms with van der Waals surface area (Å²) in [5.74, 6) is 0.764. The van der Waals surface area contributed by atoms with Gasteiger partial charge in [-0.05, 0) is 87.5 Å². The molecule has 2 aromatic carbocycles. The molecule has 1 N–H and O–H groups in total. The zero-order valence-corrected chi connectivity index (χ0v) is 18.6. The molecule has 162 valence electrons. The van der Waals surface area contributed by atoms with E-state index in [1.807, 2.05) is 32.0 Å². The summed E-state index contributed by atoms with van der Waals surface area (Å²) in [6.45, 7) is 6.27. The second-order valence-corrected chi connectivity index (χ2v) is 9.59.